The molecule has 3 rings (SSSR count). The highest BCUT2D eigenvalue weighted by molar-refractivity contribution is 8.18. The summed E-state index contributed by atoms with van der Waals surface area (Å²) in [5.74, 6) is -0.306. The van der Waals surface area contributed by atoms with Crippen LogP contribution in [0.4, 0.5) is 10.5 Å². The Hall–Kier alpha value is -1.79. The number of aryl methyl sites for hydroxylation is 1. The van der Waals surface area contributed by atoms with Gasteiger partial charge in [0.25, 0.3) is 11.1 Å². The molecular formula is C17H21N3O2S. The van der Waals surface area contributed by atoms with Crippen LogP contribution in [0.1, 0.15) is 17.5 Å². The number of nitrogens with one attached hydrogen (secondary N) is 1. The summed E-state index contributed by atoms with van der Waals surface area (Å²) in [5.41, 5.74) is 3.31. The van der Waals surface area contributed by atoms with Gasteiger partial charge in [-0.05, 0) is 62.5 Å². The Morgan fingerprint density at radius 2 is 2.13 bits per heavy atom. The van der Waals surface area contributed by atoms with E-state index in [4.69, 9.17) is 0 Å². The van der Waals surface area contributed by atoms with Gasteiger partial charge >= 0.3 is 0 Å². The number of hydrogen-bond acceptors (Lipinski definition) is 5. The number of rotatable bonds is 3. The molecule has 23 heavy (non-hydrogen) atoms. The van der Waals surface area contributed by atoms with Crippen molar-refractivity contribution in [3.8, 4) is 0 Å². The van der Waals surface area contributed by atoms with Crippen molar-refractivity contribution in [1.82, 2.24) is 10.2 Å². The molecule has 6 heteroatoms. The zero-order chi connectivity index (χ0) is 16.6. The number of imide groups is 1. The van der Waals surface area contributed by atoms with E-state index in [1.54, 1.807) is 0 Å². The molecule has 1 aromatic rings. The lowest BCUT2D eigenvalue weighted by molar-refractivity contribution is -0.115. The maximum atomic E-state index is 11.8. The first kappa shape index (κ1) is 16.1. The van der Waals surface area contributed by atoms with Gasteiger partial charge in [-0.3, -0.25) is 14.9 Å². The Bertz CT molecular complexity index is 684. The summed E-state index contributed by atoms with van der Waals surface area (Å²) in [7, 11) is 4.22. The Balaban J connectivity index is 1.92. The normalized spacial score (nSPS) is 23.2. The average molecular weight is 331 g/mol. The Morgan fingerprint density at radius 1 is 1.35 bits per heavy atom. The van der Waals surface area contributed by atoms with Gasteiger partial charge in [0.15, 0.2) is 0 Å². The Labute approximate surface area is 140 Å². The molecule has 2 amide bonds. The van der Waals surface area contributed by atoms with Crippen molar-refractivity contribution in [2.24, 2.45) is 0 Å². The van der Waals surface area contributed by atoms with Gasteiger partial charge in [0.2, 0.25) is 0 Å². The molecule has 1 aromatic carbocycles. The van der Waals surface area contributed by atoms with Crippen LogP contribution in [0.2, 0.25) is 0 Å². The highest BCUT2D eigenvalue weighted by Gasteiger charge is 2.28. The maximum Gasteiger partial charge on any atom is 0.290 e. The molecule has 2 saturated heterocycles. The fraction of sp³-hybridized carbons (Fsp3) is 0.412. The largest absolute Gasteiger partial charge is 0.369 e. The Kier molecular flexibility index (Phi) is 4.46. The first-order valence-corrected chi connectivity index (χ1v) is 8.52. The maximum absolute atomic E-state index is 11.8. The molecule has 2 aliphatic heterocycles. The third-order valence-electron chi connectivity index (χ3n) is 4.35. The number of likely N-dealkylation sites (N-methyl/N-ethyl adjacent to an activating group) is 1. The highest BCUT2D eigenvalue weighted by Crippen LogP contribution is 2.32. The van der Waals surface area contributed by atoms with E-state index in [0.717, 1.165) is 42.5 Å². The smallest absolute Gasteiger partial charge is 0.290 e. The van der Waals surface area contributed by atoms with E-state index < -0.39 is 0 Å². The molecule has 0 radical (unpaired) electrons. The molecule has 1 N–H and O–H groups in total. The molecule has 122 valence electrons. The SMILES string of the molecule is Cc1ccc(/C=C2/SC(=O)NC2=O)c(N2CC[C@H](N(C)C)C2)c1. The number of hydrogen-bond donors (Lipinski definition) is 1. The van der Waals surface area contributed by atoms with Crippen LogP contribution in [0.25, 0.3) is 6.08 Å². The summed E-state index contributed by atoms with van der Waals surface area (Å²) in [6.45, 7) is 4.05. The van der Waals surface area contributed by atoms with Gasteiger partial charge in [0, 0.05) is 24.8 Å². The fourth-order valence-electron chi connectivity index (χ4n) is 2.99. The minimum absolute atomic E-state index is 0.302. The molecular weight excluding hydrogens is 310 g/mol. The van der Waals surface area contributed by atoms with E-state index in [1.165, 1.54) is 5.56 Å². The van der Waals surface area contributed by atoms with E-state index >= 15 is 0 Å². The number of carbonyl (C=O) groups is 2. The number of nitrogens with zero attached hydrogens (tertiary/aromatic N) is 2. The molecule has 0 aromatic heterocycles. The number of benzene rings is 1. The van der Waals surface area contributed by atoms with E-state index in [9.17, 15) is 9.59 Å². The summed E-state index contributed by atoms with van der Waals surface area (Å²) >= 11 is 0.964. The summed E-state index contributed by atoms with van der Waals surface area (Å²) in [5, 5.41) is 2.00. The van der Waals surface area contributed by atoms with E-state index in [0.29, 0.717) is 10.9 Å². The average Bonchev–Trinajstić information content (AvgIpc) is 3.08. The lowest BCUT2D eigenvalue weighted by Crippen LogP contribution is -2.31. The van der Waals surface area contributed by atoms with Crippen LogP contribution in [0, 0.1) is 6.92 Å². The molecule has 0 aliphatic carbocycles. The first-order valence-electron chi connectivity index (χ1n) is 7.71. The van der Waals surface area contributed by atoms with Crippen molar-refractivity contribution in [2.75, 3.05) is 32.1 Å². The number of thioether (sulfide) groups is 1. The quantitative estimate of drug-likeness (QED) is 0.862. The minimum Gasteiger partial charge on any atom is -0.369 e. The van der Waals surface area contributed by atoms with Crippen LogP contribution < -0.4 is 10.2 Å². The van der Waals surface area contributed by atoms with Crippen molar-refractivity contribution >= 4 is 34.7 Å². The summed E-state index contributed by atoms with van der Waals surface area (Å²) in [6, 6.07) is 6.76. The standard InChI is InChI=1S/C17H21N3O2S/c1-11-4-5-12(9-15-16(21)18-17(22)23-15)14(8-11)20-7-6-13(10-20)19(2)3/h4-5,8-9,13H,6-7,10H2,1-3H3,(H,18,21,22)/b15-9+/t13-/m0/s1. The van der Waals surface area contributed by atoms with Crippen molar-refractivity contribution in [3.63, 3.8) is 0 Å². The lowest BCUT2D eigenvalue weighted by Gasteiger charge is -2.24. The van der Waals surface area contributed by atoms with Crippen LogP contribution in [0.3, 0.4) is 0 Å². The van der Waals surface area contributed by atoms with Crippen LogP contribution in [-0.2, 0) is 4.79 Å². The van der Waals surface area contributed by atoms with Gasteiger partial charge in [-0.15, -0.1) is 0 Å². The topological polar surface area (TPSA) is 52.7 Å². The molecule has 5 nitrogen and oxygen atoms in total. The van der Waals surface area contributed by atoms with Gasteiger partial charge in [-0.1, -0.05) is 12.1 Å². The highest BCUT2D eigenvalue weighted by atomic mass is 32.2. The molecule has 1 atom stereocenters. The molecule has 2 fully saturated rings. The van der Waals surface area contributed by atoms with E-state index in [2.05, 4.69) is 42.2 Å². The molecule has 0 unspecified atom stereocenters. The summed E-state index contributed by atoms with van der Waals surface area (Å²) in [4.78, 5) is 28.2. The van der Waals surface area contributed by atoms with Gasteiger partial charge in [-0.25, -0.2) is 0 Å². The van der Waals surface area contributed by atoms with E-state index in [1.807, 2.05) is 18.2 Å². The second-order valence-corrected chi connectivity index (χ2v) is 7.28. The van der Waals surface area contributed by atoms with Crippen molar-refractivity contribution < 1.29 is 9.59 Å². The second kappa shape index (κ2) is 6.37. The zero-order valence-electron chi connectivity index (χ0n) is 13.6. The third-order valence-corrected chi connectivity index (χ3v) is 5.16. The van der Waals surface area contributed by atoms with E-state index in [-0.39, 0.29) is 11.1 Å². The minimum atomic E-state index is -0.306. The molecule has 2 aliphatic rings. The predicted octanol–water partition coefficient (Wildman–Crippen LogP) is 2.46. The van der Waals surface area contributed by atoms with Gasteiger partial charge in [-0.2, -0.15) is 0 Å². The third kappa shape index (κ3) is 3.43. The van der Waals surface area contributed by atoms with Crippen molar-refractivity contribution in [3.05, 3.63) is 34.2 Å². The Morgan fingerprint density at radius 3 is 2.74 bits per heavy atom. The second-order valence-electron chi connectivity index (χ2n) is 6.27. The van der Waals surface area contributed by atoms with Crippen LogP contribution in [0.15, 0.2) is 23.1 Å². The van der Waals surface area contributed by atoms with Crippen LogP contribution in [-0.4, -0.2) is 49.3 Å². The number of carbonyl (C=O) groups excluding carboxylic acids is 2. The molecule has 0 saturated carbocycles. The lowest BCUT2D eigenvalue weighted by atomic mass is 10.1. The van der Waals surface area contributed by atoms with Gasteiger partial charge in [0.05, 0.1) is 4.91 Å². The first-order chi connectivity index (χ1) is 10.9. The fourth-order valence-corrected chi connectivity index (χ4v) is 3.67. The molecule has 0 spiro atoms. The van der Waals surface area contributed by atoms with Gasteiger partial charge in [0.1, 0.15) is 0 Å². The summed E-state index contributed by atoms with van der Waals surface area (Å²) in [6.07, 6.45) is 2.95. The number of amides is 2. The zero-order valence-corrected chi connectivity index (χ0v) is 14.4. The van der Waals surface area contributed by atoms with Crippen molar-refractivity contribution in [1.29, 1.82) is 0 Å². The monoisotopic (exact) mass is 331 g/mol. The van der Waals surface area contributed by atoms with Crippen molar-refractivity contribution in [2.45, 2.75) is 19.4 Å². The number of anilines is 1. The molecule has 2 heterocycles. The molecule has 0 bridgehead atoms. The van der Waals surface area contributed by atoms with Gasteiger partial charge < -0.3 is 9.80 Å². The summed E-state index contributed by atoms with van der Waals surface area (Å²) < 4.78 is 0. The van der Waals surface area contributed by atoms with Crippen LogP contribution >= 0.6 is 11.8 Å². The predicted molar refractivity (Wildman–Crippen MR) is 94.6 cm³/mol. The van der Waals surface area contributed by atoms with Crippen LogP contribution in [0.5, 0.6) is 0 Å².